The second-order valence-electron chi connectivity index (χ2n) is 2.29. The zero-order valence-electron chi connectivity index (χ0n) is 4.56. The van der Waals surface area contributed by atoms with Crippen molar-refractivity contribution in [3.05, 3.63) is 0 Å². The van der Waals surface area contributed by atoms with Crippen LogP contribution in [-0.4, -0.2) is 34.8 Å². The molecular formula is C6H13NaS. The van der Waals surface area contributed by atoms with E-state index in [1.165, 1.54) is 32.1 Å². The van der Waals surface area contributed by atoms with E-state index in [0.29, 0.717) is 0 Å². The molecular weight excluding hydrogens is 127 g/mol. The van der Waals surface area contributed by atoms with E-state index in [1.807, 2.05) is 0 Å². The first-order valence-electron chi connectivity index (χ1n) is 3.07. The van der Waals surface area contributed by atoms with Crippen LogP contribution in [0.1, 0.15) is 32.1 Å². The van der Waals surface area contributed by atoms with Gasteiger partial charge < -0.3 is 0 Å². The number of rotatable bonds is 0. The molecule has 0 N–H and O–H groups in total. The van der Waals surface area contributed by atoms with Crippen molar-refractivity contribution < 1.29 is 0 Å². The Hall–Kier alpha value is 1.35. The molecule has 0 spiro atoms. The molecule has 0 aromatic heterocycles. The van der Waals surface area contributed by atoms with Crippen molar-refractivity contribution in [2.75, 3.05) is 0 Å². The van der Waals surface area contributed by atoms with Gasteiger partial charge in [0.15, 0.2) is 0 Å². The molecule has 2 heteroatoms. The van der Waals surface area contributed by atoms with Gasteiger partial charge in [0.2, 0.25) is 0 Å². The van der Waals surface area contributed by atoms with Gasteiger partial charge in [-0.3, -0.25) is 0 Å². The zero-order valence-corrected chi connectivity index (χ0v) is 5.45. The summed E-state index contributed by atoms with van der Waals surface area (Å²) in [6.07, 6.45) is 6.96. The molecule has 1 rings (SSSR count). The van der Waals surface area contributed by atoms with Crippen LogP contribution < -0.4 is 0 Å². The predicted molar refractivity (Wildman–Crippen MR) is 43.0 cm³/mol. The molecule has 0 atom stereocenters. The Bertz CT molecular complexity index is 50.5. The Morgan fingerprint density at radius 3 is 1.75 bits per heavy atom. The maximum absolute atomic E-state index is 4.36. The van der Waals surface area contributed by atoms with Crippen molar-refractivity contribution in [1.82, 2.24) is 0 Å². The molecule has 0 aliphatic heterocycles. The molecule has 0 saturated heterocycles. The average Bonchev–Trinajstić information content (AvgIpc) is 1.69. The van der Waals surface area contributed by atoms with Crippen LogP contribution in [0.3, 0.4) is 0 Å². The predicted octanol–water partition coefficient (Wildman–Crippen LogP) is 1.60. The summed E-state index contributed by atoms with van der Waals surface area (Å²) in [5.41, 5.74) is 0. The summed E-state index contributed by atoms with van der Waals surface area (Å²) in [6.45, 7) is 0. The Morgan fingerprint density at radius 2 is 1.50 bits per heavy atom. The standard InChI is InChI=1S/C6H12S.Na.H/c7-6-4-2-1-3-5-6;;/h6-7H,1-5H2;;. The third kappa shape index (κ3) is 3.39. The van der Waals surface area contributed by atoms with Gasteiger partial charge in [0.05, 0.1) is 0 Å². The fourth-order valence-electron chi connectivity index (χ4n) is 1.08. The van der Waals surface area contributed by atoms with Crippen molar-refractivity contribution >= 4 is 42.2 Å². The van der Waals surface area contributed by atoms with Crippen LogP contribution in [0.5, 0.6) is 0 Å². The normalized spacial score (nSPS) is 22.1. The summed E-state index contributed by atoms with van der Waals surface area (Å²) in [7, 11) is 0. The molecule has 0 bridgehead atoms. The van der Waals surface area contributed by atoms with Crippen LogP contribution >= 0.6 is 12.6 Å². The Morgan fingerprint density at radius 1 is 1.00 bits per heavy atom. The fraction of sp³-hybridized carbons (Fsp3) is 1.00. The van der Waals surface area contributed by atoms with Gasteiger partial charge in [-0.25, -0.2) is 0 Å². The van der Waals surface area contributed by atoms with Crippen LogP contribution in [0.4, 0.5) is 0 Å². The van der Waals surface area contributed by atoms with Gasteiger partial charge in [-0.1, -0.05) is 19.3 Å². The minimum absolute atomic E-state index is 0. The number of hydrogen-bond donors (Lipinski definition) is 1. The van der Waals surface area contributed by atoms with Crippen molar-refractivity contribution in [3.8, 4) is 0 Å². The number of thiol groups is 1. The molecule has 0 aromatic carbocycles. The second-order valence-corrected chi connectivity index (χ2v) is 3.02. The van der Waals surface area contributed by atoms with Gasteiger partial charge in [0.1, 0.15) is 0 Å². The molecule has 0 amide bonds. The van der Waals surface area contributed by atoms with E-state index in [4.69, 9.17) is 0 Å². The van der Waals surface area contributed by atoms with Crippen LogP contribution in [0.2, 0.25) is 0 Å². The molecule has 1 fully saturated rings. The summed E-state index contributed by atoms with van der Waals surface area (Å²) in [5.74, 6) is 0. The van der Waals surface area contributed by atoms with E-state index in [2.05, 4.69) is 12.6 Å². The van der Waals surface area contributed by atoms with E-state index in [-0.39, 0.29) is 29.6 Å². The number of hydrogen-bond acceptors (Lipinski definition) is 1. The van der Waals surface area contributed by atoms with E-state index in [0.717, 1.165) is 5.25 Å². The molecule has 8 heavy (non-hydrogen) atoms. The van der Waals surface area contributed by atoms with Gasteiger partial charge >= 0.3 is 29.6 Å². The van der Waals surface area contributed by atoms with Crippen LogP contribution in [0.15, 0.2) is 0 Å². The van der Waals surface area contributed by atoms with Crippen molar-refractivity contribution in [3.63, 3.8) is 0 Å². The molecule has 44 valence electrons. The van der Waals surface area contributed by atoms with Gasteiger partial charge in [0, 0.05) is 5.25 Å². The molecule has 0 aromatic rings. The van der Waals surface area contributed by atoms with Gasteiger partial charge in [-0.05, 0) is 12.8 Å². The third-order valence-electron chi connectivity index (χ3n) is 1.57. The average molecular weight is 140 g/mol. The van der Waals surface area contributed by atoms with Crippen LogP contribution in [0.25, 0.3) is 0 Å². The fourth-order valence-corrected chi connectivity index (χ4v) is 1.45. The summed E-state index contributed by atoms with van der Waals surface area (Å²) < 4.78 is 0. The molecule has 0 nitrogen and oxygen atoms in total. The summed E-state index contributed by atoms with van der Waals surface area (Å²) in [6, 6.07) is 0. The Kier molecular flexibility index (Phi) is 6.03. The van der Waals surface area contributed by atoms with Gasteiger partial charge in [-0.15, -0.1) is 0 Å². The van der Waals surface area contributed by atoms with Crippen molar-refractivity contribution in [1.29, 1.82) is 0 Å². The second kappa shape index (κ2) is 5.16. The van der Waals surface area contributed by atoms with Crippen molar-refractivity contribution in [2.45, 2.75) is 37.4 Å². The molecule has 0 unspecified atom stereocenters. The quantitative estimate of drug-likeness (QED) is 0.383. The first-order valence-corrected chi connectivity index (χ1v) is 3.59. The maximum atomic E-state index is 4.36. The van der Waals surface area contributed by atoms with Crippen molar-refractivity contribution in [2.24, 2.45) is 0 Å². The van der Waals surface area contributed by atoms with Crippen LogP contribution in [0, 0.1) is 0 Å². The first-order chi connectivity index (χ1) is 3.39. The van der Waals surface area contributed by atoms with E-state index < -0.39 is 0 Å². The summed E-state index contributed by atoms with van der Waals surface area (Å²) in [4.78, 5) is 0. The third-order valence-corrected chi connectivity index (χ3v) is 2.09. The molecule has 1 aliphatic carbocycles. The first kappa shape index (κ1) is 9.35. The SMILES string of the molecule is SC1CCCCC1.[NaH]. The molecule has 0 heterocycles. The van der Waals surface area contributed by atoms with Gasteiger partial charge in [-0.2, -0.15) is 12.6 Å². The van der Waals surface area contributed by atoms with Crippen LogP contribution in [-0.2, 0) is 0 Å². The van der Waals surface area contributed by atoms with E-state index in [9.17, 15) is 0 Å². The summed E-state index contributed by atoms with van der Waals surface area (Å²) >= 11 is 4.36. The topological polar surface area (TPSA) is 0 Å². The summed E-state index contributed by atoms with van der Waals surface area (Å²) in [5, 5.41) is 0.730. The molecule has 1 aliphatic rings. The minimum atomic E-state index is 0. The zero-order chi connectivity index (χ0) is 5.11. The van der Waals surface area contributed by atoms with E-state index in [1.54, 1.807) is 0 Å². The van der Waals surface area contributed by atoms with Gasteiger partial charge in [0.25, 0.3) is 0 Å². The monoisotopic (exact) mass is 140 g/mol. The Labute approximate surface area is 79.1 Å². The molecule has 0 radical (unpaired) electrons. The molecule has 1 saturated carbocycles. The Balaban J connectivity index is 0.000000490. The van der Waals surface area contributed by atoms with E-state index >= 15 is 0 Å².